The van der Waals surface area contributed by atoms with Crippen LogP contribution in [-0.4, -0.2) is 54.0 Å². The average Bonchev–Trinajstić information content (AvgIpc) is 2.80. The predicted molar refractivity (Wildman–Crippen MR) is 66.2 cm³/mol. The fraction of sp³-hybridized carbons (Fsp3) is 0.385. The Kier molecular flexibility index (Phi) is 2.85. The van der Waals surface area contributed by atoms with E-state index in [1.54, 1.807) is 9.80 Å². The van der Waals surface area contributed by atoms with E-state index in [2.05, 4.69) is 5.32 Å². The summed E-state index contributed by atoms with van der Waals surface area (Å²) in [5, 5.41) is 2.77. The molecule has 1 aromatic rings. The van der Waals surface area contributed by atoms with Crippen LogP contribution >= 0.6 is 0 Å². The van der Waals surface area contributed by atoms with Gasteiger partial charge in [-0.2, -0.15) is 0 Å². The fourth-order valence-electron chi connectivity index (χ4n) is 2.56. The standard InChI is InChI=1S/C13H14FN3O2/c14-10-3-1-9(2-4-10)12(18)16-5-6-17-11(8-16)7-15-13(17)19/h1-4,11H,5-8H2,(H,15,19). The van der Waals surface area contributed by atoms with Gasteiger partial charge in [0.2, 0.25) is 0 Å². The number of carbonyl (C=O) groups is 2. The van der Waals surface area contributed by atoms with Crippen LogP contribution in [0.1, 0.15) is 10.4 Å². The molecule has 2 saturated heterocycles. The molecular formula is C13H14FN3O2. The monoisotopic (exact) mass is 263 g/mol. The van der Waals surface area contributed by atoms with Crippen LogP contribution in [0.2, 0.25) is 0 Å². The third-order valence-corrected chi connectivity index (χ3v) is 3.61. The molecule has 0 aromatic heterocycles. The lowest BCUT2D eigenvalue weighted by atomic mass is 10.1. The van der Waals surface area contributed by atoms with E-state index in [-0.39, 0.29) is 23.8 Å². The smallest absolute Gasteiger partial charge is 0.317 e. The first-order valence-electron chi connectivity index (χ1n) is 6.24. The first-order chi connectivity index (χ1) is 9.15. The molecule has 2 aliphatic rings. The number of hydrogen-bond donors (Lipinski definition) is 1. The summed E-state index contributed by atoms with van der Waals surface area (Å²) < 4.78 is 12.8. The zero-order valence-electron chi connectivity index (χ0n) is 10.3. The molecule has 2 fully saturated rings. The highest BCUT2D eigenvalue weighted by atomic mass is 19.1. The number of carbonyl (C=O) groups excluding carboxylic acids is 2. The zero-order chi connectivity index (χ0) is 13.4. The number of fused-ring (bicyclic) bond motifs is 1. The van der Waals surface area contributed by atoms with Gasteiger partial charge in [0, 0.05) is 31.7 Å². The van der Waals surface area contributed by atoms with Gasteiger partial charge in [-0.25, -0.2) is 9.18 Å². The van der Waals surface area contributed by atoms with Gasteiger partial charge in [-0.3, -0.25) is 4.79 Å². The van der Waals surface area contributed by atoms with Crippen molar-refractivity contribution in [1.29, 1.82) is 0 Å². The number of halogens is 1. The predicted octanol–water partition coefficient (Wildman–Crippen LogP) is 0.675. The van der Waals surface area contributed by atoms with Crippen molar-refractivity contribution in [1.82, 2.24) is 15.1 Å². The second kappa shape index (κ2) is 4.53. The SMILES string of the molecule is O=C(c1ccc(F)cc1)N1CCN2C(=O)NCC2C1. The van der Waals surface area contributed by atoms with Crippen LogP contribution in [-0.2, 0) is 0 Å². The number of amides is 3. The van der Waals surface area contributed by atoms with Crippen LogP contribution in [0.25, 0.3) is 0 Å². The van der Waals surface area contributed by atoms with E-state index in [1.165, 1.54) is 24.3 Å². The Bertz CT molecular complexity index is 517. The van der Waals surface area contributed by atoms with Crippen molar-refractivity contribution in [3.63, 3.8) is 0 Å². The van der Waals surface area contributed by atoms with Crippen molar-refractivity contribution >= 4 is 11.9 Å². The van der Waals surface area contributed by atoms with Gasteiger partial charge in [-0.1, -0.05) is 0 Å². The van der Waals surface area contributed by atoms with E-state index >= 15 is 0 Å². The number of nitrogens with zero attached hydrogens (tertiary/aromatic N) is 2. The van der Waals surface area contributed by atoms with Gasteiger partial charge >= 0.3 is 6.03 Å². The summed E-state index contributed by atoms with van der Waals surface area (Å²) in [7, 11) is 0. The zero-order valence-corrected chi connectivity index (χ0v) is 10.3. The van der Waals surface area contributed by atoms with E-state index in [0.29, 0.717) is 31.7 Å². The van der Waals surface area contributed by atoms with E-state index < -0.39 is 0 Å². The van der Waals surface area contributed by atoms with Crippen molar-refractivity contribution in [2.75, 3.05) is 26.2 Å². The second-order valence-electron chi connectivity index (χ2n) is 4.79. The number of rotatable bonds is 1. The third-order valence-electron chi connectivity index (χ3n) is 3.61. The Morgan fingerprint density at radius 2 is 2.00 bits per heavy atom. The maximum absolute atomic E-state index is 12.8. The number of benzene rings is 1. The maximum atomic E-state index is 12.8. The number of nitrogens with one attached hydrogen (secondary N) is 1. The molecule has 100 valence electrons. The van der Waals surface area contributed by atoms with E-state index in [1.807, 2.05) is 0 Å². The molecule has 6 heteroatoms. The molecule has 3 amide bonds. The van der Waals surface area contributed by atoms with Gasteiger partial charge in [0.25, 0.3) is 5.91 Å². The van der Waals surface area contributed by atoms with E-state index in [9.17, 15) is 14.0 Å². The molecule has 0 spiro atoms. The summed E-state index contributed by atoms with van der Waals surface area (Å²) in [6.45, 7) is 2.16. The summed E-state index contributed by atoms with van der Waals surface area (Å²) in [6.07, 6.45) is 0. The lowest BCUT2D eigenvalue weighted by molar-refractivity contribution is 0.0617. The maximum Gasteiger partial charge on any atom is 0.317 e. The molecule has 0 aliphatic carbocycles. The Morgan fingerprint density at radius 1 is 1.26 bits per heavy atom. The quantitative estimate of drug-likeness (QED) is 0.810. The van der Waals surface area contributed by atoms with E-state index in [4.69, 9.17) is 0 Å². The fourth-order valence-corrected chi connectivity index (χ4v) is 2.56. The number of hydrogen-bond acceptors (Lipinski definition) is 2. The largest absolute Gasteiger partial charge is 0.336 e. The van der Waals surface area contributed by atoms with Gasteiger partial charge in [0.05, 0.1) is 6.04 Å². The van der Waals surface area contributed by atoms with Crippen LogP contribution in [0.15, 0.2) is 24.3 Å². The number of urea groups is 1. The Hall–Kier alpha value is -2.11. The van der Waals surface area contributed by atoms with Crippen LogP contribution in [0.3, 0.4) is 0 Å². The topological polar surface area (TPSA) is 52.7 Å². The van der Waals surface area contributed by atoms with E-state index in [0.717, 1.165) is 0 Å². The summed E-state index contributed by atoms with van der Waals surface area (Å²) in [4.78, 5) is 27.2. The van der Waals surface area contributed by atoms with Gasteiger partial charge in [0.15, 0.2) is 0 Å². The molecule has 3 rings (SSSR count). The Morgan fingerprint density at radius 3 is 2.74 bits per heavy atom. The van der Waals surface area contributed by atoms with Crippen LogP contribution in [0.5, 0.6) is 0 Å². The second-order valence-corrected chi connectivity index (χ2v) is 4.79. The van der Waals surface area contributed by atoms with Crippen LogP contribution in [0.4, 0.5) is 9.18 Å². The molecule has 2 heterocycles. The molecule has 1 atom stereocenters. The van der Waals surface area contributed by atoms with Crippen molar-refractivity contribution in [2.45, 2.75) is 6.04 Å². The summed E-state index contributed by atoms with van der Waals surface area (Å²) in [6, 6.07) is 5.53. The lowest BCUT2D eigenvalue weighted by Gasteiger charge is -2.36. The molecule has 5 nitrogen and oxygen atoms in total. The molecule has 1 aromatic carbocycles. The molecule has 0 radical (unpaired) electrons. The first kappa shape index (κ1) is 12.0. The average molecular weight is 263 g/mol. The van der Waals surface area contributed by atoms with Crippen LogP contribution in [0, 0.1) is 5.82 Å². The minimum Gasteiger partial charge on any atom is -0.336 e. The molecule has 19 heavy (non-hydrogen) atoms. The highest BCUT2D eigenvalue weighted by molar-refractivity contribution is 5.94. The van der Waals surface area contributed by atoms with Crippen LogP contribution < -0.4 is 5.32 Å². The molecule has 2 aliphatic heterocycles. The van der Waals surface area contributed by atoms with Gasteiger partial charge in [-0.15, -0.1) is 0 Å². The molecule has 0 saturated carbocycles. The normalized spacial score (nSPS) is 22.2. The van der Waals surface area contributed by atoms with Gasteiger partial charge in [-0.05, 0) is 24.3 Å². The summed E-state index contributed by atoms with van der Waals surface area (Å²) in [5.74, 6) is -0.467. The minimum absolute atomic E-state index is 0.0469. The summed E-state index contributed by atoms with van der Waals surface area (Å²) >= 11 is 0. The Balaban J connectivity index is 1.72. The highest BCUT2D eigenvalue weighted by Gasteiger charge is 2.36. The van der Waals surface area contributed by atoms with Gasteiger partial charge < -0.3 is 15.1 Å². The highest BCUT2D eigenvalue weighted by Crippen LogP contribution is 2.16. The molecule has 0 bridgehead atoms. The third kappa shape index (κ3) is 2.14. The van der Waals surface area contributed by atoms with Crippen molar-refractivity contribution in [2.24, 2.45) is 0 Å². The molecule has 1 unspecified atom stereocenters. The number of piperazine rings is 1. The molecular weight excluding hydrogens is 249 g/mol. The summed E-state index contributed by atoms with van der Waals surface area (Å²) in [5.41, 5.74) is 0.479. The molecule has 1 N–H and O–H groups in total. The first-order valence-corrected chi connectivity index (χ1v) is 6.24. The van der Waals surface area contributed by atoms with Crippen molar-refractivity contribution in [3.8, 4) is 0 Å². The van der Waals surface area contributed by atoms with Gasteiger partial charge in [0.1, 0.15) is 5.82 Å². The van der Waals surface area contributed by atoms with Crippen molar-refractivity contribution < 1.29 is 14.0 Å². The lowest BCUT2D eigenvalue weighted by Crippen LogP contribution is -2.53. The minimum atomic E-state index is -0.355. The Labute approximate surface area is 110 Å². The van der Waals surface area contributed by atoms with Crippen molar-refractivity contribution in [3.05, 3.63) is 35.6 Å².